The maximum Gasteiger partial charge on any atom is 0.166 e. The molecule has 0 aliphatic rings. The molecule has 0 amide bonds. The lowest BCUT2D eigenvalue weighted by Crippen LogP contribution is -1.96. The third-order valence-electron chi connectivity index (χ3n) is 1.32. The van der Waals surface area contributed by atoms with Crippen molar-refractivity contribution < 1.29 is 13.2 Å². The predicted molar refractivity (Wildman–Crippen MR) is 41.1 cm³/mol. The monoisotopic (exact) mass is 225 g/mol. The molecule has 0 atom stereocenters. The summed E-state index contributed by atoms with van der Waals surface area (Å²) in [5.41, 5.74) is -0.989. The first-order valence-corrected chi connectivity index (χ1v) is 3.67. The van der Waals surface area contributed by atoms with Gasteiger partial charge in [-0.15, -0.1) is 0 Å². The first-order valence-electron chi connectivity index (χ1n) is 2.92. The second kappa shape index (κ2) is 3.44. The van der Waals surface area contributed by atoms with Gasteiger partial charge in [0.15, 0.2) is 17.5 Å². The minimum atomic E-state index is -1.44. The van der Waals surface area contributed by atoms with E-state index in [2.05, 4.69) is 0 Å². The molecule has 0 aromatic heterocycles. The molecule has 0 heterocycles. The average Bonchev–Trinajstić information content (AvgIpc) is 2.13. The highest BCUT2D eigenvalue weighted by molar-refractivity contribution is 6.35. The minimum absolute atomic E-state index is 0.983. The van der Waals surface area contributed by atoms with E-state index < -0.39 is 33.1 Å². The van der Waals surface area contributed by atoms with Crippen molar-refractivity contribution >= 4 is 23.2 Å². The molecule has 0 bridgehead atoms. The predicted octanol–water partition coefficient (Wildman–Crippen LogP) is 3.28. The van der Waals surface area contributed by atoms with Gasteiger partial charge >= 0.3 is 0 Å². The number of hydrogen-bond donors (Lipinski definition) is 0. The van der Waals surface area contributed by atoms with E-state index >= 15 is 0 Å². The van der Waals surface area contributed by atoms with Crippen molar-refractivity contribution in [3.63, 3.8) is 0 Å². The van der Waals surface area contributed by atoms with Gasteiger partial charge in [0, 0.05) is 0 Å². The van der Waals surface area contributed by atoms with Crippen molar-refractivity contribution in [2.75, 3.05) is 0 Å². The van der Waals surface area contributed by atoms with E-state index in [1.165, 1.54) is 6.07 Å². The Balaban J connectivity index is 3.69. The number of hydrogen-bond acceptors (Lipinski definition) is 1. The van der Waals surface area contributed by atoms with Crippen molar-refractivity contribution in [2.45, 2.75) is 0 Å². The molecule has 13 heavy (non-hydrogen) atoms. The Labute approximate surface area is 81.3 Å². The molecule has 1 aromatic carbocycles. The average molecular weight is 226 g/mol. The number of halogens is 5. The zero-order chi connectivity index (χ0) is 10.2. The third-order valence-corrected chi connectivity index (χ3v) is 1.99. The Kier molecular flexibility index (Phi) is 2.69. The van der Waals surface area contributed by atoms with Crippen LogP contribution in [0, 0.1) is 28.8 Å². The first kappa shape index (κ1) is 10.2. The van der Waals surface area contributed by atoms with Gasteiger partial charge in [-0.1, -0.05) is 23.2 Å². The Hall–Kier alpha value is -0.920. The summed E-state index contributed by atoms with van der Waals surface area (Å²) in [4.78, 5) is 0. The normalized spacial score (nSPS) is 9.85. The summed E-state index contributed by atoms with van der Waals surface area (Å²) in [5.74, 6) is -4.29. The van der Waals surface area contributed by atoms with E-state index in [-0.39, 0.29) is 0 Å². The quantitative estimate of drug-likeness (QED) is 0.491. The number of nitriles is 1. The van der Waals surface area contributed by atoms with Crippen LogP contribution in [0.2, 0.25) is 10.0 Å². The summed E-state index contributed by atoms with van der Waals surface area (Å²) in [5, 5.41) is 6.30. The van der Waals surface area contributed by atoms with E-state index in [1.807, 2.05) is 0 Å². The molecule has 0 spiro atoms. The molecular weight excluding hydrogens is 226 g/mol. The van der Waals surface area contributed by atoms with Crippen LogP contribution in [0.15, 0.2) is 0 Å². The summed E-state index contributed by atoms with van der Waals surface area (Å²) >= 11 is 10.2. The van der Waals surface area contributed by atoms with Gasteiger partial charge in [0.05, 0.1) is 0 Å². The number of benzene rings is 1. The van der Waals surface area contributed by atoms with Crippen LogP contribution < -0.4 is 0 Å². The Bertz CT molecular complexity index is 382. The topological polar surface area (TPSA) is 23.8 Å². The molecule has 1 nitrogen and oxygen atoms in total. The highest BCUT2D eigenvalue weighted by Crippen LogP contribution is 2.31. The molecule has 6 heteroatoms. The molecule has 0 saturated carbocycles. The number of nitrogens with zero attached hydrogens (tertiary/aromatic N) is 1. The lowest BCUT2D eigenvalue weighted by atomic mass is 10.2. The van der Waals surface area contributed by atoms with Crippen LogP contribution in [0.3, 0.4) is 0 Å². The van der Waals surface area contributed by atoms with E-state index in [1.54, 1.807) is 0 Å². The zero-order valence-corrected chi connectivity index (χ0v) is 7.35. The summed E-state index contributed by atoms with van der Waals surface area (Å²) in [6.45, 7) is 0. The van der Waals surface area contributed by atoms with E-state index in [0.29, 0.717) is 0 Å². The SMILES string of the molecule is N#Cc1c(F)c(Cl)c(F)c(Cl)c1F. The van der Waals surface area contributed by atoms with E-state index in [4.69, 9.17) is 28.5 Å². The lowest BCUT2D eigenvalue weighted by molar-refractivity contribution is 0.540. The van der Waals surface area contributed by atoms with Crippen LogP contribution >= 0.6 is 23.2 Å². The van der Waals surface area contributed by atoms with Crippen molar-refractivity contribution in [1.82, 2.24) is 0 Å². The van der Waals surface area contributed by atoms with Gasteiger partial charge in [-0.25, -0.2) is 13.2 Å². The molecule has 0 unspecified atom stereocenters. The van der Waals surface area contributed by atoms with E-state index in [0.717, 1.165) is 0 Å². The first-order chi connectivity index (χ1) is 6.00. The molecule has 0 fully saturated rings. The highest BCUT2D eigenvalue weighted by atomic mass is 35.5. The fraction of sp³-hybridized carbons (Fsp3) is 0. The number of rotatable bonds is 0. The van der Waals surface area contributed by atoms with Crippen LogP contribution in [0.1, 0.15) is 5.56 Å². The van der Waals surface area contributed by atoms with Gasteiger partial charge in [-0.3, -0.25) is 0 Å². The van der Waals surface area contributed by atoms with Crippen LogP contribution in [-0.4, -0.2) is 0 Å². The molecule has 1 rings (SSSR count). The molecule has 0 radical (unpaired) electrons. The highest BCUT2D eigenvalue weighted by Gasteiger charge is 2.22. The minimum Gasteiger partial charge on any atom is -0.204 e. The summed E-state index contributed by atoms with van der Waals surface area (Å²) < 4.78 is 38.3. The largest absolute Gasteiger partial charge is 0.204 e. The van der Waals surface area contributed by atoms with Gasteiger partial charge in [0.2, 0.25) is 0 Å². The van der Waals surface area contributed by atoms with Crippen molar-refractivity contribution in [2.24, 2.45) is 0 Å². The van der Waals surface area contributed by atoms with Gasteiger partial charge in [-0.2, -0.15) is 5.26 Å². The molecule has 0 aliphatic carbocycles. The maximum absolute atomic E-state index is 12.8. The fourth-order valence-electron chi connectivity index (χ4n) is 0.703. The summed E-state index contributed by atoms with van der Waals surface area (Å²) in [6.07, 6.45) is 0. The van der Waals surface area contributed by atoms with Crippen LogP contribution in [0.5, 0.6) is 0 Å². The lowest BCUT2D eigenvalue weighted by Gasteiger charge is -2.02. The van der Waals surface area contributed by atoms with Gasteiger partial charge in [0.1, 0.15) is 21.7 Å². The second-order valence-corrected chi connectivity index (χ2v) is 2.81. The van der Waals surface area contributed by atoms with Gasteiger partial charge in [-0.05, 0) is 0 Å². The second-order valence-electron chi connectivity index (χ2n) is 2.06. The molecule has 0 aliphatic heterocycles. The Morgan fingerprint density at radius 1 is 0.923 bits per heavy atom. The smallest absolute Gasteiger partial charge is 0.166 e. The van der Waals surface area contributed by atoms with Crippen molar-refractivity contribution in [3.05, 3.63) is 33.1 Å². The van der Waals surface area contributed by atoms with Gasteiger partial charge < -0.3 is 0 Å². The molecule has 0 saturated heterocycles. The van der Waals surface area contributed by atoms with Gasteiger partial charge in [0.25, 0.3) is 0 Å². The maximum atomic E-state index is 12.8. The van der Waals surface area contributed by atoms with Crippen LogP contribution in [0.25, 0.3) is 0 Å². The Morgan fingerprint density at radius 3 is 1.62 bits per heavy atom. The van der Waals surface area contributed by atoms with E-state index in [9.17, 15) is 13.2 Å². The molecule has 1 aromatic rings. The standard InChI is InChI=1S/C7Cl2F3N/c8-3-5(10)2(1-13)6(11)4(9)7(3)12. The third kappa shape index (κ3) is 1.45. The van der Waals surface area contributed by atoms with Crippen molar-refractivity contribution in [3.8, 4) is 6.07 Å². The Morgan fingerprint density at radius 2 is 1.31 bits per heavy atom. The van der Waals surface area contributed by atoms with Crippen LogP contribution in [-0.2, 0) is 0 Å². The summed E-state index contributed by atoms with van der Waals surface area (Å²) in [7, 11) is 0. The fourth-order valence-corrected chi connectivity index (χ4v) is 1.13. The zero-order valence-electron chi connectivity index (χ0n) is 5.84. The molecule has 68 valence electrons. The molecule has 0 N–H and O–H groups in total. The van der Waals surface area contributed by atoms with Crippen LogP contribution in [0.4, 0.5) is 13.2 Å². The van der Waals surface area contributed by atoms with Crippen molar-refractivity contribution in [1.29, 1.82) is 5.26 Å². The molecular formula is C7Cl2F3N. The summed E-state index contributed by atoms with van der Waals surface area (Å²) in [6, 6.07) is 1.19.